The van der Waals surface area contributed by atoms with Gasteiger partial charge in [0.2, 0.25) is 0 Å². The molecule has 6 nitrogen and oxygen atoms in total. The Morgan fingerprint density at radius 3 is 2.54 bits per heavy atom. The molecule has 1 saturated heterocycles. The Morgan fingerprint density at radius 1 is 1.00 bits per heavy atom. The van der Waals surface area contributed by atoms with Gasteiger partial charge in [-0.3, -0.25) is 4.40 Å². The molecule has 3 heterocycles. The molecule has 2 amide bonds. The highest BCUT2D eigenvalue weighted by Gasteiger charge is 2.26. The van der Waals surface area contributed by atoms with Crippen LogP contribution in [0.1, 0.15) is 24.6 Å². The van der Waals surface area contributed by atoms with Gasteiger partial charge in [0.1, 0.15) is 5.82 Å². The van der Waals surface area contributed by atoms with E-state index < -0.39 is 0 Å². The lowest BCUT2D eigenvalue weighted by molar-refractivity contribution is 0.193. The second-order valence-electron chi connectivity index (χ2n) is 6.04. The number of benzene rings is 1. The fourth-order valence-electron chi connectivity index (χ4n) is 3.20. The number of hydrogen-bond acceptors (Lipinski definition) is 3. The predicted molar refractivity (Wildman–Crippen MR) is 92.0 cm³/mol. The summed E-state index contributed by atoms with van der Waals surface area (Å²) in [5.74, 6) is 1.33. The largest absolute Gasteiger partial charge is 0.324 e. The average Bonchev–Trinajstić information content (AvgIpc) is 3.07. The molecule has 0 bridgehead atoms. The van der Waals surface area contributed by atoms with Crippen LogP contribution in [0.15, 0.2) is 54.7 Å². The molecule has 6 heteroatoms. The Kier molecular flexibility index (Phi) is 3.86. The molecule has 0 spiro atoms. The number of rotatable bonds is 2. The lowest BCUT2D eigenvalue weighted by Crippen LogP contribution is -2.40. The molecule has 0 aliphatic carbocycles. The summed E-state index contributed by atoms with van der Waals surface area (Å²) >= 11 is 0. The maximum Gasteiger partial charge on any atom is 0.321 e. The Labute approximate surface area is 140 Å². The summed E-state index contributed by atoms with van der Waals surface area (Å²) < 4.78 is 2.05. The normalized spacial score (nSPS) is 15.6. The smallest absolute Gasteiger partial charge is 0.321 e. The number of para-hydroxylation sites is 1. The number of fused-ring (bicyclic) bond motifs is 1. The van der Waals surface area contributed by atoms with Gasteiger partial charge < -0.3 is 10.2 Å². The number of piperidine rings is 1. The van der Waals surface area contributed by atoms with Crippen LogP contribution in [0.5, 0.6) is 0 Å². The van der Waals surface area contributed by atoms with Gasteiger partial charge in [0.15, 0.2) is 5.65 Å². The van der Waals surface area contributed by atoms with Gasteiger partial charge in [-0.05, 0) is 37.1 Å². The lowest BCUT2D eigenvalue weighted by atomic mass is 9.96. The zero-order valence-electron chi connectivity index (χ0n) is 13.3. The summed E-state index contributed by atoms with van der Waals surface area (Å²) in [4.78, 5) is 14.2. The van der Waals surface area contributed by atoms with Gasteiger partial charge in [0.25, 0.3) is 0 Å². The standard InChI is InChI=1S/C18H19N5O/c24-18(19-15-6-2-1-3-7-15)22-12-9-14(10-13-22)17-21-20-16-8-4-5-11-23(16)17/h1-8,11,14H,9-10,12-13H2,(H,19,24). The van der Waals surface area contributed by atoms with Gasteiger partial charge in [-0.2, -0.15) is 0 Å². The molecular formula is C18H19N5O. The van der Waals surface area contributed by atoms with Crippen molar-refractivity contribution in [3.63, 3.8) is 0 Å². The molecule has 2 aromatic heterocycles. The van der Waals surface area contributed by atoms with E-state index in [1.54, 1.807) is 0 Å². The number of likely N-dealkylation sites (tertiary alicyclic amines) is 1. The second kappa shape index (κ2) is 6.31. The van der Waals surface area contributed by atoms with Crippen molar-refractivity contribution in [3.05, 3.63) is 60.6 Å². The molecular weight excluding hydrogens is 302 g/mol. The van der Waals surface area contributed by atoms with Gasteiger partial charge in [-0.15, -0.1) is 10.2 Å². The molecule has 0 unspecified atom stereocenters. The number of carbonyl (C=O) groups is 1. The van der Waals surface area contributed by atoms with Crippen LogP contribution in [0.3, 0.4) is 0 Å². The van der Waals surface area contributed by atoms with Crippen molar-refractivity contribution in [1.82, 2.24) is 19.5 Å². The molecule has 1 aliphatic rings. The van der Waals surface area contributed by atoms with Crippen molar-refractivity contribution in [2.24, 2.45) is 0 Å². The minimum absolute atomic E-state index is 0.0363. The number of carbonyl (C=O) groups excluding carboxylic acids is 1. The van der Waals surface area contributed by atoms with Crippen molar-refractivity contribution in [3.8, 4) is 0 Å². The Balaban J connectivity index is 1.41. The number of pyridine rings is 1. The van der Waals surface area contributed by atoms with Gasteiger partial charge in [0, 0.05) is 30.9 Å². The zero-order chi connectivity index (χ0) is 16.4. The number of urea groups is 1. The maximum atomic E-state index is 12.4. The van der Waals surface area contributed by atoms with E-state index in [4.69, 9.17) is 0 Å². The van der Waals surface area contributed by atoms with E-state index in [-0.39, 0.29) is 6.03 Å². The molecule has 0 radical (unpaired) electrons. The van der Waals surface area contributed by atoms with Crippen LogP contribution >= 0.6 is 0 Å². The number of aromatic nitrogens is 3. The minimum Gasteiger partial charge on any atom is -0.324 e. The van der Waals surface area contributed by atoms with E-state index in [9.17, 15) is 4.79 Å². The van der Waals surface area contributed by atoms with Gasteiger partial charge >= 0.3 is 6.03 Å². The van der Waals surface area contributed by atoms with Crippen LogP contribution in [0, 0.1) is 0 Å². The maximum absolute atomic E-state index is 12.4. The van der Waals surface area contributed by atoms with Crippen molar-refractivity contribution in [1.29, 1.82) is 0 Å². The summed E-state index contributed by atoms with van der Waals surface area (Å²) in [6.07, 6.45) is 3.80. The van der Waals surface area contributed by atoms with E-state index in [0.717, 1.165) is 43.1 Å². The number of nitrogens with one attached hydrogen (secondary N) is 1. The first-order chi connectivity index (χ1) is 11.8. The molecule has 3 aromatic rings. The fraction of sp³-hybridized carbons (Fsp3) is 0.278. The predicted octanol–water partition coefficient (Wildman–Crippen LogP) is 3.14. The van der Waals surface area contributed by atoms with Crippen molar-refractivity contribution in [2.75, 3.05) is 18.4 Å². The average molecular weight is 321 g/mol. The molecule has 0 saturated carbocycles. The van der Waals surface area contributed by atoms with E-state index in [1.165, 1.54) is 0 Å². The van der Waals surface area contributed by atoms with Crippen molar-refractivity contribution in [2.45, 2.75) is 18.8 Å². The minimum atomic E-state index is -0.0363. The second-order valence-corrected chi connectivity index (χ2v) is 6.04. The van der Waals surface area contributed by atoms with E-state index in [2.05, 4.69) is 15.5 Å². The highest BCUT2D eigenvalue weighted by molar-refractivity contribution is 5.89. The van der Waals surface area contributed by atoms with Gasteiger partial charge in [-0.1, -0.05) is 24.3 Å². The Bertz CT molecular complexity index is 837. The highest BCUT2D eigenvalue weighted by Crippen LogP contribution is 2.27. The third-order valence-corrected chi connectivity index (χ3v) is 4.51. The molecule has 4 rings (SSSR count). The number of anilines is 1. The molecule has 1 fully saturated rings. The van der Waals surface area contributed by atoms with Gasteiger partial charge in [-0.25, -0.2) is 4.79 Å². The third kappa shape index (κ3) is 2.82. The summed E-state index contributed by atoms with van der Waals surface area (Å²) in [6, 6.07) is 15.4. The first-order valence-corrected chi connectivity index (χ1v) is 8.22. The van der Waals surface area contributed by atoms with Crippen LogP contribution in [0.2, 0.25) is 0 Å². The summed E-state index contributed by atoms with van der Waals surface area (Å²) in [5.41, 5.74) is 1.70. The fourth-order valence-corrected chi connectivity index (χ4v) is 3.20. The van der Waals surface area contributed by atoms with Gasteiger partial charge in [0.05, 0.1) is 0 Å². The molecule has 1 aromatic carbocycles. The first kappa shape index (κ1) is 14.7. The quantitative estimate of drug-likeness (QED) is 0.789. The summed E-state index contributed by atoms with van der Waals surface area (Å²) in [5, 5.41) is 11.5. The monoisotopic (exact) mass is 321 g/mol. The molecule has 122 valence electrons. The van der Waals surface area contributed by atoms with Crippen LogP contribution in [0.25, 0.3) is 5.65 Å². The van der Waals surface area contributed by atoms with Crippen LogP contribution < -0.4 is 5.32 Å². The first-order valence-electron chi connectivity index (χ1n) is 8.22. The van der Waals surface area contributed by atoms with Crippen molar-refractivity contribution < 1.29 is 4.79 Å². The van der Waals surface area contributed by atoms with E-state index in [1.807, 2.05) is 64.0 Å². The summed E-state index contributed by atoms with van der Waals surface area (Å²) in [6.45, 7) is 1.45. The third-order valence-electron chi connectivity index (χ3n) is 4.51. The molecule has 1 aliphatic heterocycles. The number of nitrogens with zero attached hydrogens (tertiary/aromatic N) is 4. The van der Waals surface area contributed by atoms with Crippen LogP contribution in [0.4, 0.5) is 10.5 Å². The highest BCUT2D eigenvalue weighted by atomic mass is 16.2. The number of amides is 2. The Hall–Kier alpha value is -2.89. The van der Waals surface area contributed by atoms with Crippen LogP contribution in [-0.4, -0.2) is 38.6 Å². The van der Waals surface area contributed by atoms with E-state index >= 15 is 0 Å². The molecule has 24 heavy (non-hydrogen) atoms. The SMILES string of the molecule is O=C(Nc1ccccc1)N1CCC(c2nnc3ccccn23)CC1. The number of hydrogen-bond donors (Lipinski definition) is 1. The van der Waals surface area contributed by atoms with E-state index in [0.29, 0.717) is 5.92 Å². The summed E-state index contributed by atoms with van der Waals surface area (Å²) in [7, 11) is 0. The van der Waals surface area contributed by atoms with Crippen molar-refractivity contribution >= 4 is 17.4 Å². The molecule has 0 atom stereocenters. The lowest BCUT2D eigenvalue weighted by Gasteiger charge is -2.31. The molecule has 1 N–H and O–H groups in total. The van der Waals surface area contributed by atoms with Crippen LogP contribution in [-0.2, 0) is 0 Å². The Morgan fingerprint density at radius 2 is 1.75 bits per heavy atom. The zero-order valence-corrected chi connectivity index (χ0v) is 13.3. The topological polar surface area (TPSA) is 62.5 Å².